The Morgan fingerprint density at radius 3 is 2.18 bits per heavy atom. The van der Waals surface area contributed by atoms with Gasteiger partial charge in [0.15, 0.2) is 15.6 Å². The predicted molar refractivity (Wildman–Crippen MR) is 89.0 cm³/mol. The highest BCUT2D eigenvalue weighted by Gasteiger charge is 2.18. The van der Waals surface area contributed by atoms with Gasteiger partial charge >= 0.3 is 0 Å². The normalized spacial score (nSPS) is 11.2. The van der Waals surface area contributed by atoms with E-state index in [9.17, 15) is 13.2 Å². The first-order valence-electron chi connectivity index (χ1n) is 6.52. The molecule has 0 saturated heterocycles. The van der Waals surface area contributed by atoms with Gasteiger partial charge in [-0.1, -0.05) is 40.2 Å². The van der Waals surface area contributed by atoms with Gasteiger partial charge in [-0.3, -0.25) is 4.79 Å². The maximum atomic E-state index is 12.1. The van der Waals surface area contributed by atoms with Crippen LogP contribution in [0.1, 0.15) is 15.9 Å². The monoisotopic (exact) mass is 382 g/mol. The standard InChI is InChI=1S/C16H15BrO4S/c1-21-15-8-2-12(3-9-15)10-22(19,20)11-16(18)13-4-6-14(17)7-5-13/h2-9H,10-11H2,1H3. The van der Waals surface area contributed by atoms with Crippen molar-refractivity contribution in [2.75, 3.05) is 12.9 Å². The molecule has 0 spiro atoms. The molecule has 0 aliphatic heterocycles. The minimum absolute atomic E-state index is 0.167. The molecule has 0 N–H and O–H groups in total. The van der Waals surface area contributed by atoms with Crippen molar-refractivity contribution in [1.82, 2.24) is 0 Å². The highest BCUT2D eigenvalue weighted by molar-refractivity contribution is 9.10. The first-order valence-corrected chi connectivity index (χ1v) is 9.13. The lowest BCUT2D eigenvalue weighted by Gasteiger charge is -2.06. The van der Waals surface area contributed by atoms with E-state index in [-0.39, 0.29) is 5.75 Å². The number of methoxy groups -OCH3 is 1. The Bertz CT molecular complexity index is 750. The second-order valence-corrected chi connectivity index (χ2v) is 7.79. The summed E-state index contributed by atoms with van der Waals surface area (Å²) >= 11 is 3.27. The molecule has 0 aliphatic rings. The van der Waals surface area contributed by atoms with Crippen LogP contribution in [0, 0.1) is 0 Å². The van der Waals surface area contributed by atoms with Crippen molar-refractivity contribution >= 4 is 31.6 Å². The van der Waals surface area contributed by atoms with Gasteiger partial charge in [-0.2, -0.15) is 0 Å². The van der Waals surface area contributed by atoms with Crippen LogP contribution in [0.3, 0.4) is 0 Å². The van der Waals surface area contributed by atoms with Crippen LogP contribution in [0.4, 0.5) is 0 Å². The van der Waals surface area contributed by atoms with E-state index in [1.165, 1.54) is 0 Å². The summed E-state index contributed by atoms with van der Waals surface area (Å²) in [5, 5.41) is 0. The molecule has 2 rings (SSSR count). The highest BCUT2D eigenvalue weighted by atomic mass is 79.9. The molecule has 6 heteroatoms. The minimum atomic E-state index is -3.51. The van der Waals surface area contributed by atoms with Gasteiger partial charge in [0.2, 0.25) is 0 Å². The van der Waals surface area contributed by atoms with Crippen molar-refractivity contribution in [3.63, 3.8) is 0 Å². The molecule has 0 aromatic heterocycles. The molecule has 0 saturated carbocycles. The molecule has 22 heavy (non-hydrogen) atoms. The van der Waals surface area contributed by atoms with Gasteiger partial charge in [0, 0.05) is 10.0 Å². The number of sulfone groups is 1. The molecule has 0 aliphatic carbocycles. The summed E-state index contributed by atoms with van der Waals surface area (Å²) in [6, 6.07) is 13.4. The molecule has 0 heterocycles. The number of Topliss-reactive ketones (excluding diaryl/α,β-unsaturated/α-hetero) is 1. The lowest BCUT2D eigenvalue weighted by Crippen LogP contribution is -2.17. The van der Waals surface area contributed by atoms with Gasteiger partial charge in [0.25, 0.3) is 0 Å². The molecule has 116 valence electrons. The number of halogens is 1. The Hall–Kier alpha value is -1.66. The van der Waals surface area contributed by atoms with Crippen molar-refractivity contribution in [3.05, 3.63) is 64.1 Å². The summed E-state index contributed by atoms with van der Waals surface area (Å²) in [6.45, 7) is 0. The molecule has 2 aromatic carbocycles. The molecular weight excluding hydrogens is 368 g/mol. The summed E-state index contributed by atoms with van der Waals surface area (Å²) < 4.78 is 30.1. The molecule has 0 radical (unpaired) electrons. The summed E-state index contributed by atoms with van der Waals surface area (Å²) in [7, 11) is -1.97. The Balaban J connectivity index is 2.06. The van der Waals surface area contributed by atoms with Crippen LogP contribution in [-0.4, -0.2) is 27.1 Å². The zero-order chi connectivity index (χ0) is 16.2. The number of benzene rings is 2. The third-order valence-corrected chi connectivity index (χ3v) is 5.07. The number of ether oxygens (including phenoxy) is 1. The molecular formula is C16H15BrO4S. The maximum absolute atomic E-state index is 12.1. The Kier molecular flexibility index (Phi) is 5.37. The average molecular weight is 383 g/mol. The van der Waals surface area contributed by atoms with Crippen molar-refractivity contribution in [2.45, 2.75) is 5.75 Å². The van der Waals surface area contributed by atoms with Crippen LogP contribution in [0.2, 0.25) is 0 Å². The number of hydrogen-bond donors (Lipinski definition) is 0. The average Bonchev–Trinajstić information content (AvgIpc) is 2.47. The van der Waals surface area contributed by atoms with E-state index in [1.54, 1.807) is 55.6 Å². The van der Waals surface area contributed by atoms with Crippen molar-refractivity contribution in [2.24, 2.45) is 0 Å². The lowest BCUT2D eigenvalue weighted by molar-refractivity contribution is 0.102. The van der Waals surface area contributed by atoms with E-state index in [1.807, 2.05) is 0 Å². The Morgan fingerprint density at radius 1 is 1.05 bits per heavy atom. The van der Waals surface area contributed by atoms with Crippen LogP contribution in [0.15, 0.2) is 53.0 Å². The second kappa shape index (κ2) is 7.07. The molecule has 0 atom stereocenters. The van der Waals surface area contributed by atoms with E-state index < -0.39 is 21.4 Å². The van der Waals surface area contributed by atoms with E-state index in [0.717, 1.165) is 4.47 Å². The van der Waals surface area contributed by atoms with Crippen LogP contribution in [0.5, 0.6) is 5.75 Å². The molecule has 2 aromatic rings. The van der Waals surface area contributed by atoms with Gasteiger partial charge in [0.1, 0.15) is 11.5 Å². The number of carbonyl (C=O) groups excluding carboxylic acids is 1. The zero-order valence-electron chi connectivity index (χ0n) is 12.0. The summed E-state index contributed by atoms with van der Waals surface area (Å²) in [5.41, 5.74) is 1.02. The second-order valence-electron chi connectivity index (χ2n) is 4.81. The number of hydrogen-bond acceptors (Lipinski definition) is 4. The first kappa shape index (κ1) is 16.7. The van der Waals surface area contributed by atoms with Crippen LogP contribution >= 0.6 is 15.9 Å². The maximum Gasteiger partial charge on any atom is 0.177 e. The van der Waals surface area contributed by atoms with Crippen LogP contribution in [0.25, 0.3) is 0 Å². The van der Waals surface area contributed by atoms with Crippen molar-refractivity contribution < 1.29 is 17.9 Å². The molecule has 0 bridgehead atoms. The summed E-state index contributed by atoms with van der Waals surface area (Å²) in [4.78, 5) is 12.0. The Labute approximate surface area is 138 Å². The largest absolute Gasteiger partial charge is 0.497 e. The number of carbonyl (C=O) groups is 1. The lowest BCUT2D eigenvalue weighted by atomic mass is 10.2. The van der Waals surface area contributed by atoms with E-state index in [4.69, 9.17) is 4.74 Å². The number of ketones is 1. The van der Waals surface area contributed by atoms with Gasteiger partial charge in [-0.25, -0.2) is 8.42 Å². The van der Waals surface area contributed by atoms with E-state index >= 15 is 0 Å². The van der Waals surface area contributed by atoms with Gasteiger partial charge in [0.05, 0.1) is 12.9 Å². The fraction of sp³-hybridized carbons (Fsp3) is 0.188. The third kappa shape index (κ3) is 4.68. The van der Waals surface area contributed by atoms with E-state index in [0.29, 0.717) is 16.9 Å². The third-order valence-electron chi connectivity index (χ3n) is 3.06. The van der Waals surface area contributed by atoms with Crippen molar-refractivity contribution in [1.29, 1.82) is 0 Å². The predicted octanol–water partition coefficient (Wildman–Crippen LogP) is 3.26. The molecule has 0 unspecified atom stereocenters. The fourth-order valence-electron chi connectivity index (χ4n) is 1.95. The zero-order valence-corrected chi connectivity index (χ0v) is 14.4. The first-order chi connectivity index (χ1) is 10.4. The summed E-state index contributed by atoms with van der Waals surface area (Å²) in [5.74, 6) is -0.409. The smallest absolute Gasteiger partial charge is 0.177 e. The molecule has 4 nitrogen and oxygen atoms in total. The van der Waals surface area contributed by atoms with Crippen LogP contribution < -0.4 is 4.74 Å². The molecule has 0 fully saturated rings. The topological polar surface area (TPSA) is 60.4 Å². The van der Waals surface area contributed by atoms with Crippen molar-refractivity contribution in [3.8, 4) is 5.75 Å². The van der Waals surface area contributed by atoms with Gasteiger partial charge in [-0.05, 0) is 29.8 Å². The molecule has 0 amide bonds. The number of rotatable bonds is 6. The minimum Gasteiger partial charge on any atom is -0.497 e. The van der Waals surface area contributed by atoms with Gasteiger partial charge < -0.3 is 4.74 Å². The SMILES string of the molecule is COc1ccc(CS(=O)(=O)CC(=O)c2ccc(Br)cc2)cc1. The summed E-state index contributed by atoms with van der Waals surface area (Å²) in [6.07, 6.45) is 0. The highest BCUT2D eigenvalue weighted by Crippen LogP contribution is 2.15. The fourth-order valence-corrected chi connectivity index (χ4v) is 3.58. The quantitative estimate of drug-likeness (QED) is 0.719. The van der Waals surface area contributed by atoms with E-state index in [2.05, 4.69) is 15.9 Å². The van der Waals surface area contributed by atoms with Crippen LogP contribution in [-0.2, 0) is 15.6 Å². The van der Waals surface area contributed by atoms with Gasteiger partial charge in [-0.15, -0.1) is 0 Å². The Morgan fingerprint density at radius 2 is 1.64 bits per heavy atom.